The normalized spacial score (nSPS) is 11.6. The molecule has 0 bridgehead atoms. The van der Waals surface area contributed by atoms with Crippen LogP contribution in [0.3, 0.4) is 0 Å². The molecule has 2 amide bonds. The second-order valence-corrected chi connectivity index (χ2v) is 7.18. The molecule has 0 aromatic heterocycles. The third kappa shape index (κ3) is 6.28. The van der Waals surface area contributed by atoms with Crippen LogP contribution in [0.5, 0.6) is 0 Å². The summed E-state index contributed by atoms with van der Waals surface area (Å²) in [6.45, 7) is 6.65. The quantitative estimate of drug-likeness (QED) is 0.261. The first-order valence-corrected chi connectivity index (χ1v) is 10.3. The number of nitro groups is 2. The van der Waals surface area contributed by atoms with Gasteiger partial charge in [0.05, 0.1) is 21.3 Å². The van der Waals surface area contributed by atoms with Crippen LogP contribution in [0, 0.1) is 20.2 Å². The maximum absolute atomic E-state index is 12.0. The molecule has 178 valence electrons. The summed E-state index contributed by atoms with van der Waals surface area (Å²) < 4.78 is 0. The van der Waals surface area contributed by atoms with Gasteiger partial charge in [0, 0.05) is 34.4 Å². The van der Waals surface area contributed by atoms with Crippen molar-refractivity contribution in [2.24, 2.45) is 10.2 Å². The monoisotopic (exact) mass is 468 g/mol. The van der Waals surface area contributed by atoms with E-state index in [4.69, 9.17) is 0 Å². The Bertz CT molecular complexity index is 1110. The zero-order valence-electron chi connectivity index (χ0n) is 19.1. The van der Waals surface area contributed by atoms with E-state index in [1.54, 1.807) is 38.1 Å². The molecule has 0 heterocycles. The van der Waals surface area contributed by atoms with Crippen molar-refractivity contribution in [2.75, 3.05) is 0 Å². The molecule has 0 spiro atoms. The van der Waals surface area contributed by atoms with Crippen molar-refractivity contribution in [3.8, 4) is 0 Å². The van der Waals surface area contributed by atoms with Gasteiger partial charge in [-0.25, -0.2) is 10.9 Å². The number of hydrogen-bond donors (Lipinski definition) is 2. The number of hydrogen-bond acceptors (Lipinski definition) is 8. The van der Waals surface area contributed by atoms with Crippen LogP contribution in [0.15, 0.2) is 46.6 Å². The number of nitrogens with one attached hydrogen (secondary N) is 2. The number of nitro benzene ring substituents is 2. The van der Waals surface area contributed by atoms with Gasteiger partial charge in [0.15, 0.2) is 0 Å². The molecule has 2 rings (SSSR count). The van der Waals surface area contributed by atoms with E-state index < -0.39 is 21.7 Å². The minimum Gasteiger partial charge on any atom is -0.262 e. The Hall–Kier alpha value is -4.48. The predicted octanol–water partition coefficient (Wildman–Crippen LogP) is 3.01. The van der Waals surface area contributed by atoms with Crippen molar-refractivity contribution in [1.82, 2.24) is 10.9 Å². The lowest BCUT2D eigenvalue weighted by molar-refractivity contribution is -0.385. The molecule has 0 unspecified atom stereocenters. The van der Waals surface area contributed by atoms with Crippen molar-refractivity contribution in [1.29, 1.82) is 0 Å². The molecule has 0 aliphatic heterocycles. The number of amides is 2. The van der Waals surface area contributed by atoms with Gasteiger partial charge in [-0.15, -0.1) is 0 Å². The first kappa shape index (κ1) is 25.8. The maximum atomic E-state index is 12.0. The minimum absolute atomic E-state index is 0.0596. The van der Waals surface area contributed by atoms with Gasteiger partial charge in [0.25, 0.3) is 11.4 Å². The second-order valence-electron chi connectivity index (χ2n) is 7.18. The third-order valence-corrected chi connectivity index (χ3v) is 5.02. The molecule has 12 heteroatoms. The van der Waals surface area contributed by atoms with Crippen LogP contribution in [-0.2, 0) is 22.4 Å². The Morgan fingerprint density at radius 1 is 0.765 bits per heavy atom. The minimum atomic E-state index is -1.11. The Kier molecular flexibility index (Phi) is 8.65. The van der Waals surface area contributed by atoms with Gasteiger partial charge in [-0.3, -0.25) is 29.8 Å². The summed E-state index contributed by atoms with van der Waals surface area (Å²) >= 11 is 0. The molecule has 12 nitrogen and oxygen atoms in total. The highest BCUT2D eigenvalue weighted by molar-refractivity contribution is 6.35. The highest BCUT2D eigenvalue weighted by Crippen LogP contribution is 2.22. The van der Waals surface area contributed by atoms with E-state index in [9.17, 15) is 29.8 Å². The lowest BCUT2D eigenvalue weighted by atomic mass is 10.0. The molecule has 0 aliphatic rings. The van der Waals surface area contributed by atoms with Crippen LogP contribution in [0.2, 0.25) is 0 Å². The third-order valence-electron chi connectivity index (χ3n) is 5.02. The van der Waals surface area contributed by atoms with Gasteiger partial charge in [0.1, 0.15) is 0 Å². The molecule has 0 aliphatic carbocycles. The highest BCUT2D eigenvalue weighted by atomic mass is 16.6. The molecule has 34 heavy (non-hydrogen) atoms. The molecule has 0 fully saturated rings. The number of nitrogens with zero attached hydrogens (tertiary/aromatic N) is 4. The Labute approximate surface area is 195 Å². The lowest BCUT2D eigenvalue weighted by Gasteiger charge is -2.06. The molecular formula is C22H24N6O6. The molecule has 2 aromatic carbocycles. The highest BCUT2D eigenvalue weighted by Gasteiger charge is 2.17. The molecule has 2 N–H and O–H groups in total. The van der Waals surface area contributed by atoms with E-state index in [0.717, 1.165) is 0 Å². The van der Waals surface area contributed by atoms with Crippen LogP contribution in [0.25, 0.3) is 0 Å². The first-order chi connectivity index (χ1) is 16.1. The first-order valence-electron chi connectivity index (χ1n) is 10.3. The van der Waals surface area contributed by atoms with Gasteiger partial charge in [-0.1, -0.05) is 38.1 Å². The summed E-state index contributed by atoms with van der Waals surface area (Å²) in [6.07, 6.45) is 0.972. The summed E-state index contributed by atoms with van der Waals surface area (Å²) in [7, 11) is 0. The number of carbonyl (C=O) groups is 2. The molecule has 0 saturated heterocycles. The largest absolute Gasteiger partial charge is 0.331 e. The Balaban J connectivity index is 2.08. The van der Waals surface area contributed by atoms with Crippen LogP contribution in [-0.4, -0.2) is 33.1 Å². The molecule has 0 radical (unpaired) electrons. The zero-order valence-corrected chi connectivity index (χ0v) is 19.1. The van der Waals surface area contributed by atoms with Crippen LogP contribution >= 0.6 is 0 Å². The molecular weight excluding hydrogens is 444 g/mol. The van der Waals surface area contributed by atoms with E-state index in [-0.39, 0.29) is 22.8 Å². The van der Waals surface area contributed by atoms with Crippen LogP contribution < -0.4 is 10.9 Å². The summed E-state index contributed by atoms with van der Waals surface area (Å²) in [5.74, 6) is -2.22. The topological polar surface area (TPSA) is 169 Å². The number of aryl methyl sites for hydroxylation is 2. The van der Waals surface area contributed by atoms with E-state index in [2.05, 4.69) is 21.1 Å². The fourth-order valence-corrected chi connectivity index (χ4v) is 3.02. The lowest BCUT2D eigenvalue weighted by Crippen LogP contribution is -2.36. The number of carbonyl (C=O) groups excluding carboxylic acids is 2. The maximum Gasteiger partial charge on any atom is 0.331 e. The Morgan fingerprint density at radius 2 is 1.12 bits per heavy atom. The summed E-state index contributed by atoms with van der Waals surface area (Å²) in [6, 6.07) is 9.17. The molecule has 2 aromatic rings. The van der Waals surface area contributed by atoms with E-state index in [1.807, 2.05) is 0 Å². The van der Waals surface area contributed by atoms with Gasteiger partial charge >= 0.3 is 11.8 Å². The standard InChI is InChI=1S/C22H24N6O6/c1-5-15-7-9-17(11-19(15)27(31)32)13(3)23-25-21(29)22(30)26-24-14(4)18-10-8-16(6-2)20(12-18)28(33)34/h7-12H,5-6H2,1-4H3,(H,25,29)(H,26,30). The van der Waals surface area contributed by atoms with Crippen LogP contribution in [0.1, 0.15) is 49.9 Å². The van der Waals surface area contributed by atoms with Gasteiger partial charge in [-0.2, -0.15) is 10.2 Å². The van der Waals surface area contributed by atoms with Crippen molar-refractivity contribution in [3.05, 3.63) is 78.9 Å². The van der Waals surface area contributed by atoms with Crippen molar-refractivity contribution >= 4 is 34.6 Å². The summed E-state index contributed by atoms with van der Waals surface area (Å²) in [5.41, 5.74) is 6.49. The van der Waals surface area contributed by atoms with E-state index in [1.165, 1.54) is 26.0 Å². The second kappa shape index (κ2) is 11.4. The smallest absolute Gasteiger partial charge is 0.262 e. The van der Waals surface area contributed by atoms with Crippen molar-refractivity contribution < 1.29 is 19.4 Å². The van der Waals surface area contributed by atoms with Crippen LogP contribution in [0.4, 0.5) is 11.4 Å². The summed E-state index contributed by atoms with van der Waals surface area (Å²) in [5, 5.41) is 30.1. The van der Waals surface area contributed by atoms with Gasteiger partial charge in [-0.05, 0) is 26.7 Å². The van der Waals surface area contributed by atoms with Gasteiger partial charge in [0.2, 0.25) is 0 Å². The van der Waals surface area contributed by atoms with E-state index in [0.29, 0.717) is 35.1 Å². The average molecular weight is 468 g/mol. The molecule has 0 saturated carbocycles. The number of hydrazone groups is 2. The van der Waals surface area contributed by atoms with Crippen molar-refractivity contribution in [3.63, 3.8) is 0 Å². The average Bonchev–Trinajstić information content (AvgIpc) is 2.84. The SMILES string of the molecule is CCc1ccc(C(C)=NNC(=O)C(=O)NN=C(C)c2ccc(CC)c([N+](=O)[O-])c2)cc1[N+](=O)[O-]. The Morgan fingerprint density at radius 3 is 1.41 bits per heavy atom. The summed E-state index contributed by atoms with van der Waals surface area (Å²) in [4.78, 5) is 45.5. The fourth-order valence-electron chi connectivity index (χ4n) is 3.02. The molecule has 0 atom stereocenters. The zero-order chi connectivity index (χ0) is 25.4. The van der Waals surface area contributed by atoms with E-state index >= 15 is 0 Å². The predicted molar refractivity (Wildman–Crippen MR) is 126 cm³/mol. The number of benzene rings is 2. The fraction of sp³-hybridized carbons (Fsp3) is 0.273. The van der Waals surface area contributed by atoms with Gasteiger partial charge < -0.3 is 0 Å². The van der Waals surface area contributed by atoms with Crippen molar-refractivity contribution in [2.45, 2.75) is 40.5 Å². The number of rotatable bonds is 8.